The number of likely N-dealkylation sites (N-methyl/N-ethyl adjacent to an activating group) is 1. The van der Waals surface area contributed by atoms with Gasteiger partial charge in [-0.05, 0) is 61.7 Å². The van der Waals surface area contributed by atoms with E-state index in [0.717, 1.165) is 17.9 Å². The van der Waals surface area contributed by atoms with E-state index in [2.05, 4.69) is 29.4 Å². The molecular weight excluding hydrogens is 268 g/mol. The second-order valence-corrected chi connectivity index (χ2v) is 5.90. The molecule has 0 saturated carbocycles. The molecule has 3 heteroatoms. The standard InChI is InChI=1S/C17H19ClN2/c1-11-10-13(18)6-8-14(11)17(19-2)15-7-5-12-4-3-9-20-16(12)15/h3-4,6,8-10,15,17,19H,5,7H2,1-2H3. The number of halogens is 1. The third-order valence-corrected chi connectivity index (χ3v) is 4.52. The van der Waals surface area contributed by atoms with Gasteiger partial charge in [-0.25, -0.2) is 0 Å². The molecule has 2 aromatic rings. The summed E-state index contributed by atoms with van der Waals surface area (Å²) in [5, 5.41) is 4.28. The number of aromatic nitrogens is 1. The first-order valence-electron chi connectivity index (χ1n) is 7.08. The molecule has 20 heavy (non-hydrogen) atoms. The van der Waals surface area contributed by atoms with Gasteiger partial charge in [0.25, 0.3) is 0 Å². The average molecular weight is 287 g/mol. The Labute approximate surface area is 125 Å². The molecule has 0 fully saturated rings. The molecule has 0 aliphatic heterocycles. The summed E-state index contributed by atoms with van der Waals surface area (Å²) in [7, 11) is 2.03. The summed E-state index contributed by atoms with van der Waals surface area (Å²) in [6.45, 7) is 2.12. The molecule has 1 aromatic heterocycles. The van der Waals surface area contributed by atoms with E-state index in [1.807, 2.05) is 31.4 Å². The quantitative estimate of drug-likeness (QED) is 0.921. The van der Waals surface area contributed by atoms with Crippen molar-refractivity contribution in [2.24, 2.45) is 0 Å². The minimum absolute atomic E-state index is 0.295. The van der Waals surface area contributed by atoms with Crippen LogP contribution in [0.15, 0.2) is 36.5 Å². The lowest BCUT2D eigenvalue weighted by molar-refractivity contribution is 0.468. The Morgan fingerprint density at radius 3 is 2.95 bits per heavy atom. The summed E-state index contributed by atoms with van der Waals surface area (Å²) in [4.78, 5) is 4.62. The Kier molecular flexibility index (Phi) is 3.77. The molecule has 1 aromatic carbocycles. The summed E-state index contributed by atoms with van der Waals surface area (Å²) < 4.78 is 0. The maximum Gasteiger partial charge on any atom is 0.0485 e. The van der Waals surface area contributed by atoms with Gasteiger partial charge in [0.15, 0.2) is 0 Å². The first kappa shape index (κ1) is 13.6. The van der Waals surface area contributed by atoms with E-state index in [9.17, 15) is 0 Å². The van der Waals surface area contributed by atoms with Crippen molar-refractivity contribution in [3.63, 3.8) is 0 Å². The highest BCUT2D eigenvalue weighted by atomic mass is 35.5. The SMILES string of the molecule is CNC(c1ccc(Cl)cc1C)C1CCc2cccnc21. The van der Waals surface area contributed by atoms with Gasteiger partial charge in [-0.2, -0.15) is 0 Å². The van der Waals surface area contributed by atoms with E-state index in [0.29, 0.717) is 12.0 Å². The fraction of sp³-hybridized carbons (Fsp3) is 0.353. The molecule has 2 unspecified atom stereocenters. The van der Waals surface area contributed by atoms with Gasteiger partial charge in [0.2, 0.25) is 0 Å². The van der Waals surface area contributed by atoms with Crippen molar-refractivity contribution >= 4 is 11.6 Å². The van der Waals surface area contributed by atoms with Crippen LogP contribution in [0, 0.1) is 6.92 Å². The minimum atomic E-state index is 0.295. The molecule has 104 valence electrons. The molecule has 0 saturated heterocycles. The topological polar surface area (TPSA) is 24.9 Å². The monoisotopic (exact) mass is 286 g/mol. The van der Waals surface area contributed by atoms with E-state index in [-0.39, 0.29) is 0 Å². The lowest BCUT2D eigenvalue weighted by Gasteiger charge is -2.25. The van der Waals surface area contributed by atoms with Crippen molar-refractivity contribution < 1.29 is 0 Å². The van der Waals surface area contributed by atoms with Crippen molar-refractivity contribution in [2.75, 3.05) is 7.05 Å². The molecule has 0 amide bonds. The van der Waals surface area contributed by atoms with E-state index in [4.69, 9.17) is 11.6 Å². The zero-order valence-corrected chi connectivity index (χ0v) is 12.6. The number of hydrogen-bond acceptors (Lipinski definition) is 2. The van der Waals surface area contributed by atoms with Gasteiger partial charge in [-0.1, -0.05) is 23.7 Å². The van der Waals surface area contributed by atoms with Crippen LogP contribution in [-0.4, -0.2) is 12.0 Å². The van der Waals surface area contributed by atoms with Gasteiger partial charge >= 0.3 is 0 Å². The van der Waals surface area contributed by atoms with Crippen LogP contribution in [0.25, 0.3) is 0 Å². The van der Waals surface area contributed by atoms with Gasteiger partial charge in [0.05, 0.1) is 0 Å². The maximum atomic E-state index is 6.07. The molecule has 2 nitrogen and oxygen atoms in total. The number of fused-ring (bicyclic) bond motifs is 1. The van der Waals surface area contributed by atoms with Gasteiger partial charge in [0, 0.05) is 28.9 Å². The molecule has 1 heterocycles. The molecule has 1 aliphatic rings. The lowest BCUT2D eigenvalue weighted by atomic mass is 9.88. The van der Waals surface area contributed by atoms with Crippen molar-refractivity contribution in [3.8, 4) is 0 Å². The first-order chi connectivity index (χ1) is 9.70. The third kappa shape index (κ3) is 2.34. The summed E-state index contributed by atoms with van der Waals surface area (Å²) in [5.41, 5.74) is 5.20. The van der Waals surface area contributed by atoms with Crippen LogP contribution < -0.4 is 5.32 Å². The van der Waals surface area contributed by atoms with E-state index in [1.54, 1.807) is 0 Å². The van der Waals surface area contributed by atoms with Crippen molar-refractivity contribution in [2.45, 2.75) is 31.7 Å². The Balaban J connectivity index is 1.99. The molecule has 0 spiro atoms. The summed E-state index contributed by atoms with van der Waals surface area (Å²) in [5.74, 6) is 0.441. The van der Waals surface area contributed by atoms with Crippen molar-refractivity contribution in [1.29, 1.82) is 0 Å². The zero-order chi connectivity index (χ0) is 14.1. The molecule has 0 radical (unpaired) electrons. The smallest absolute Gasteiger partial charge is 0.0485 e. The van der Waals surface area contributed by atoms with Crippen molar-refractivity contribution in [1.82, 2.24) is 10.3 Å². The number of nitrogens with zero attached hydrogens (tertiary/aromatic N) is 1. The van der Waals surface area contributed by atoms with Gasteiger partial charge < -0.3 is 5.32 Å². The van der Waals surface area contributed by atoms with Crippen LogP contribution in [0.1, 0.15) is 40.8 Å². The number of rotatable bonds is 3. The highest BCUT2D eigenvalue weighted by Crippen LogP contribution is 2.41. The van der Waals surface area contributed by atoms with Gasteiger partial charge in [-0.3, -0.25) is 4.98 Å². The van der Waals surface area contributed by atoms with Crippen LogP contribution >= 0.6 is 11.6 Å². The summed E-state index contributed by atoms with van der Waals surface area (Å²) in [6.07, 6.45) is 4.18. The predicted octanol–water partition coefficient (Wildman–Crippen LogP) is 4.03. The summed E-state index contributed by atoms with van der Waals surface area (Å²) in [6, 6.07) is 10.7. The second kappa shape index (κ2) is 5.55. The van der Waals surface area contributed by atoms with Crippen LogP contribution in [-0.2, 0) is 6.42 Å². The molecule has 1 N–H and O–H groups in total. The second-order valence-electron chi connectivity index (χ2n) is 5.46. The Morgan fingerprint density at radius 2 is 2.20 bits per heavy atom. The maximum absolute atomic E-state index is 6.07. The number of benzene rings is 1. The Hall–Kier alpha value is -1.38. The minimum Gasteiger partial charge on any atom is -0.312 e. The number of aryl methyl sites for hydroxylation is 2. The molecule has 3 rings (SSSR count). The van der Waals surface area contributed by atoms with E-state index >= 15 is 0 Å². The van der Waals surface area contributed by atoms with Crippen LogP contribution in [0.5, 0.6) is 0 Å². The zero-order valence-electron chi connectivity index (χ0n) is 11.9. The van der Waals surface area contributed by atoms with Crippen LogP contribution in [0.2, 0.25) is 5.02 Å². The molecule has 1 aliphatic carbocycles. The van der Waals surface area contributed by atoms with Crippen LogP contribution in [0.4, 0.5) is 0 Å². The van der Waals surface area contributed by atoms with Crippen LogP contribution in [0.3, 0.4) is 0 Å². The molecule has 2 atom stereocenters. The Morgan fingerprint density at radius 1 is 1.35 bits per heavy atom. The fourth-order valence-corrected chi connectivity index (χ4v) is 3.56. The molecule has 0 bridgehead atoms. The van der Waals surface area contributed by atoms with E-state index < -0.39 is 0 Å². The number of hydrogen-bond donors (Lipinski definition) is 1. The largest absolute Gasteiger partial charge is 0.312 e. The van der Waals surface area contributed by atoms with E-state index in [1.165, 1.54) is 22.4 Å². The lowest BCUT2D eigenvalue weighted by Crippen LogP contribution is -2.24. The van der Waals surface area contributed by atoms with Gasteiger partial charge in [-0.15, -0.1) is 0 Å². The predicted molar refractivity (Wildman–Crippen MR) is 83.3 cm³/mol. The average Bonchev–Trinajstić information content (AvgIpc) is 2.86. The highest BCUT2D eigenvalue weighted by Gasteiger charge is 2.31. The fourth-order valence-electron chi connectivity index (χ4n) is 3.33. The van der Waals surface area contributed by atoms with Crippen molar-refractivity contribution in [3.05, 3.63) is 63.9 Å². The third-order valence-electron chi connectivity index (χ3n) is 4.28. The Bertz CT molecular complexity index is 624. The molecular formula is C17H19ClN2. The normalized spacial score (nSPS) is 18.9. The van der Waals surface area contributed by atoms with Gasteiger partial charge in [0.1, 0.15) is 0 Å². The first-order valence-corrected chi connectivity index (χ1v) is 7.45. The number of nitrogens with one attached hydrogen (secondary N) is 1. The highest BCUT2D eigenvalue weighted by molar-refractivity contribution is 6.30. The summed E-state index contributed by atoms with van der Waals surface area (Å²) >= 11 is 6.07. The number of pyridine rings is 1.